The first-order valence-electron chi connectivity index (χ1n) is 9.30. The van der Waals surface area contributed by atoms with Crippen LogP contribution in [0.25, 0.3) is 0 Å². The van der Waals surface area contributed by atoms with Crippen LogP contribution in [0.5, 0.6) is 0 Å². The molecule has 0 radical (unpaired) electrons. The fraction of sp³-hybridized carbons (Fsp3) is 0.500. The minimum atomic E-state index is -0.173. The Morgan fingerprint density at radius 2 is 2.12 bits per heavy atom. The van der Waals surface area contributed by atoms with Gasteiger partial charge in [0.2, 0.25) is 0 Å². The lowest BCUT2D eigenvalue weighted by atomic mass is 10.1. The Balaban J connectivity index is 1.85. The van der Waals surface area contributed by atoms with Gasteiger partial charge in [0.25, 0.3) is 0 Å². The van der Waals surface area contributed by atoms with E-state index < -0.39 is 0 Å². The Kier molecular flexibility index (Phi) is 7.63. The monoisotopic (exact) mass is 359 g/mol. The molecule has 0 aliphatic carbocycles. The van der Waals surface area contributed by atoms with Crippen LogP contribution in [0.15, 0.2) is 35.6 Å². The Labute approximate surface area is 155 Å². The van der Waals surface area contributed by atoms with Crippen molar-refractivity contribution in [2.24, 2.45) is 4.99 Å². The van der Waals surface area contributed by atoms with Crippen molar-refractivity contribution in [3.05, 3.63) is 53.4 Å². The number of imidazole rings is 1. The van der Waals surface area contributed by atoms with Crippen LogP contribution >= 0.6 is 0 Å². The summed E-state index contributed by atoms with van der Waals surface area (Å²) in [5, 5.41) is 6.60. The summed E-state index contributed by atoms with van der Waals surface area (Å²) in [6, 6.07) is 5.33. The molecule has 0 bridgehead atoms. The van der Waals surface area contributed by atoms with Gasteiger partial charge in [0, 0.05) is 32.0 Å². The lowest BCUT2D eigenvalue weighted by Crippen LogP contribution is -2.38. The molecule has 1 aromatic heterocycles. The number of aromatic nitrogens is 2. The van der Waals surface area contributed by atoms with Crippen LogP contribution in [0.1, 0.15) is 49.7 Å². The van der Waals surface area contributed by atoms with E-state index in [1.807, 2.05) is 45.3 Å². The van der Waals surface area contributed by atoms with Gasteiger partial charge in [0.15, 0.2) is 5.96 Å². The number of nitrogens with one attached hydrogen (secondary N) is 2. The van der Waals surface area contributed by atoms with Crippen LogP contribution in [0.4, 0.5) is 4.39 Å². The van der Waals surface area contributed by atoms with Gasteiger partial charge >= 0.3 is 0 Å². The zero-order valence-electron chi connectivity index (χ0n) is 16.2. The molecule has 0 saturated heterocycles. The predicted octanol–water partition coefficient (Wildman–Crippen LogP) is 3.74. The summed E-state index contributed by atoms with van der Waals surface area (Å²) in [6.07, 6.45) is 5.89. The highest BCUT2D eigenvalue weighted by atomic mass is 19.1. The summed E-state index contributed by atoms with van der Waals surface area (Å²) in [4.78, 5) is 8.87. The van der Waals surface area contributed by atoms with Crippen LogP contribution in [0.3, 0.4) is 0 Å². The van der Waals surface area contributed by atoms with Crippen LogP contribution in [-0.4, -0.2) is 28.6 Å². The van der Waals surface area contributed by atoms with Crippen molar-refractivity contribution < 1.29 is 4.39 Å². The molecular weight excluding hydrogens is 329 g/mol. The first-order valence-corrected chi connectivity index (χ1v) is 9.30. The van der Waals surface area contributed by atoms with Crippen molar-refractivity contribution in [2.75, 3.05) is 13.1 Å². The number of aryl methyl sites for hydroxylation is 3. The third kappa shape index (κ3) is 5.86. The molecule has 1 heterocycles. The van der Waals surface area contributed by atoms with Crippen LogP contribution < -0.4 is 10.6 Å². The number of rotatable bonds is 8. The standard InChI is InChI=1S/C20H30FN5/c1-5-22-20(24-10-6-7-12-26-13-11-23-17(26)4)25-16(3)18-9-8-15(2)19(21)14-18/h8-9,11,13-14,16H,5-7,10,12H2,1-4H3,(H2,22,24,25). The lowest BCUT2D eigenvalue weighted by Gasteiger charge is -2.18. The zero-order chi connectivity index (χ0) is 18.9. The van der Waals surface area contributed by atoms with E-state index >= 15 is 0 Å². The van der Waals surface area contributed by atoms with Crippen molar-refractivity contribution in [3.8, 4) is 0 Å². The van der Waals surface area contributed by atoms with E-state index in [4.69, 9.17) is 0 Å². The van der Waals surface area contributed by atoms with Gasteiger partial charge in [-0.25, -0.2) is 9.37 Å². The maximum Gasteiger partial charge on any atom is 0.191 e. The highest BCUT2D eigenvalue weighted by Crippen LogP contribution is 2.16. The molecule has 2 N–H and O–H groups in total. The Morgan fingerprint density at radius 3 is 2.77 bits per heavy atom. The molecular formula is C20H30FN5. The topological polar surface area (TPSA) is 54.2 Å². The van der Waals surface area contributed by atoms with Gasteiger partial charge in [0.1, 0.15) is 11.6 Å². The molecule has 0 fully saturated rings. The third-order valence-corrected chi connectivity index (χ3v) is 4.39. The number of unbranched alkanes of at least 4 members (excludes halogenated alkanes) is 1. The summed E-state index contributed by atoms with van der Waals surface area (Å²) in [5.41, 5.74) is 1.57. The molecule has 2 aromatic rings. The summed E-state index contributed by atoms with van der Waals surface area (Å²) in [6.45, 7) is 10.3. The number of hydrogen-bond donors (Lipinski definition) is 2. The zero-order valence-corrected chi connectivity index (χ0v) is 16.2. The molecule has 0 amide bonds. The molecule has 1 atom stereocenters. The fourth-order valence-corrected chi connectivity index (χ4v) is 2.71. The average molecular weight is 359 g/mol. The molecule has 0 spiro atoms. The number of hydrogen-bond acceptors (Lipinski definition) is 2. The van der Waals surface area contributed by atoms with E-state index in [1.54, 1.807) is 13.0 Å². The largest absolute Gasteiger partial charge is 0.357 e. The predicted molar refractivity (Wildman–Crippen MR) is 105 cm³/mol. The highest BCUT2D eigenvalue weighted by molar-refractivity contribution is 5.80. The highest BCUT2D eigenvalue weighted by Gasteiger charge is 2.09. The molecule has 142 valence electrons. The van der Waals surface area contributed by atoms with E-state index in [-0.39, 0.29) is 11.9 Å². The summed E-state index contributed by atoms with van der Waals surface area (Å²) >= 11 is 0. The van der Waals surface area contributed by atoms with E-state index in [1.165, 1.54) is 0 Å². The minimum Gasteiger partial charge on any atom is -0.357 e. The van der Waals surface area contributed by atoms with Gasteiger partial charge in [-0.15, -0.1) is 0 Å². The number of halogens is 1. The molecule has 1 unspecified atom stereocenters. The van der Waals surface area contributed by atoms with Crippen LogP contribution in [0, 0.1) is 19.7 Å². The van der Waals surface area contributed by atoms with Crippen LogP contribution in [-0.2, 0) is 6.54 Å². The van der Waals surface area contributed by atoms with E-state index in [0.717, 1.165) is 49.8 Å². The molecule has 0 aliphatic rings. The second kappa shape index (κ2) is 9.94. The van der Waals surface area contributed by atoms with E-state index in [9.17, 15) is 4.39 Å². The Bertz CT molecular complexity index is 723. The lowest BCUT2D eigenvalue weighted by molar-refractivity contribution is 0.597. The Hall–Kier alpha value is -2.37. The minimum absolute atomic E-state index is 0.0171. The van der Waals surface area contributed by atoms with Gasteiger partial charge in [-0.1, -0.05) is 12.1 Å². The SMILES string of the molecule is CCNC(=NCCCCn1ccnc1C)NC(C)c1ccc(C)c(F)c1. The molecule has 6 heteroatoms. The quantitative estimate of drug-likeness (QED) is 0.429. The number of benzene rings is 1. The van der Waals surface area contributed by atoms with Crippen molar-refractivity contribution in [1.29, 1.82) is 0 Å². The average Bonchev–Trinajstić information content (AvgIpc) is 3.02. The summed E-state index contributed by atoms with van der Waals surface area (Å²) < 4.78 is 15.9. The van der Waals surface area contributed by atoms with Crippen molar-refractivity contribution in [1.82, 2.24) is 20.2 Å². The van der Waals surface area contributed by atoms with Gasteiger partial charge in [-0.05, 0) is 57.7 Å². The maximum atomic E-state index is 13.8. The van der Waals surface area contributed by atoms with E-state index in [2.05, 4.69) is 25.2 Å². The second-order valence-corrected chi connectivity index (χ2v) is 6.51. The third-order valence-electron chi connectivity index (χ3n) is 4.39. The van der Waals surface area contributed by atoms with Gasteiger partial charge in [-0.2, -0.15) is 0 Å². The maximum absolute atomic E-state index is 13.8. The molecule has 2 rings (SSSR count). The van der Waals surface area contributed by atoms with Crippen molar-refractivity contribution in [3.63, 3.8) is 0 Å². The number of guanidine groups is 1. The number of nitrogens with zero attached hydrogens (tertiary/aromatic N) is 3. The molecule has 0 aliphatic heterocycles. The molecule has 26 heavy (non-hydrogen) atoms. The fourth-order valence-electron chi connectivity index (χ4n) is 2.71. The van der Waals surface area contributed by atoms with Crippen molar-refractivity contribution >= 4 is 5.96 Å². The first kappa shape index (κ1) is 19.9. The Morgan fingerprint density at radius 1 is 1.31 bits per heavy atom. The van der Waals surface area contributed by atoms with Gasteiger partial charge in [0.05, 0.1) is 6.04 Å². The summed E-state index contributed by atoms with van der Waals surface area (Å²) in [5.74, 6) is 1.63. The molecule has 1 aromatic carbocycles. The van der Waals surface area contributed by atoms with Crippen LogP contribution in [0.2, 0.25) is 0 Å². The first-order chi connectivity index (χ1) is 12.5. The number of aliphatic imine (C=N–C) groups is 1. The molecule has 5 nitrogen and oxygen atoms in total. The normalized spacial score (nSPS) is 12.9. The van der Waals surface area contributed by atoms with Gasteiger partial charge in [-0.3, -0.25) is 4.99 Å². The van der Waals surface area contributed by atoms with E-state index in [0.29, 0.717) is 5.56 Å². The molecule has 0 saturated carbocycles. The second-order valence-electron chi connectivity index (χ2n) is 6.51. The smallest absolute Gasteiger partial charge is 0.191 e. The van der Waals surface area contributed by atoms with Gasteiger partial charge < -0.3 is 15.2 Å². The summed E-state index contributed by atoms with van der Waals surface area (Å²) in [7, 11) is 0. The van der Waals surface area contributed by atoms with Crippen molar-refractivity contribution in [2.45, 2.75) is 53.1 Å².